The van der Waals surface area contributed by atoms with Gasteiger partial charge in [0.2, 0.25) is 5.91 Å². The third-order valence-corrected chi connectivity index (χ3v) is 6.88. The van der Waals surface area contributed by atoms with Crippen molar-refractivity contribution in [3.8, 4) is 5.75 Å². The van der Waals surface area contributed by atoms with Gasteiger partial charge in [-0.2, -0.15) is 0 Å². The number of carbonyl (C=O) groups excluding carboxylic acids is 1. The molecule has 210 valence electrons. The minimum atomic E-state index is -4.75. The standard InChI is InChI=1S/C29H31F3N6O2/c1-19(21-6-8-22(9-7-21)36-23-14-16-33-17-23)35-27(39)13-12-26-37-25-3-2-15-34-28(25)38(26)18-20-4-10-24(11-5-20)40-29(30,31)32/h2-11,15,19,23,33,36H,12-14,16-18H2,1H3,(H,35,39)/t19?,23-/m0/s1. The molecule has 8 nitrogen and oxygen atoms in total. The maximum Gasteiger partial charge on any atom is 0.573 e. The van der Waals surface area contributed by atoms with Gasteiger partial charge >= 0.3 is 6.36 Å². The van der Waals surface area contributed by atoms with Crippen LogP contribution in [0.4, 0.5) is 18.9 Å². The zero-order chi connectivity index (χ0) is 28.1. The summed E-state index contributed by atoms with van der Waals surface area (Å²) in [6.45, 7) is 4.28. The number of alkyl halides is 3. The van der Waals surface area contributed by atoms with Crippen molar-refractivity contribution in [1.82, 2.24) is 25.2 Å². The number of anilines is 1. The fourth-order valence-corrected chi connectivity index (χ4v) is 4.85. The molecule has 0 radical (unpaired) electrons. The first-order valence-electron chi connectivity index (χ1n) is 13.2. The molecule has 11 heteroatoms. The summed E-state index contributed by atoms with van der Waals surface area (Å²) in [6, 6.07) is 17.7. The number of nitrogens with one attached hydrogen (secondary N) is 3. The topological polar surface area (TPSA) is 93.1 Å². The molecular formula is C29H31F3N6O2. The van der Waals surface area contributed by atoms with E-state index < -0.39 is 6.36 Å². The third-order valence-electron chi connectivity index (χ3n) is 6.88. The molecular weight excluding hydrogens is 521 g/mol. The Balaban J connectivity index is 1.21. The van der Waals surface area contributed by atoms with E-state index in [0.29, 0.717) is 36.0 Å². The summed E-state index contributed by atoms with van der Waals surface area (Å²) < 4.78 is 43.4. The van der Waals surface area contributed by atoms with Crippen molar-refractivity contribution in [2.75, 3.05) is 18.4 Å². The lowest BCUT2D eigenvalue weighted by Gasteiger charge is -2.17. The van der Waals surface area contributed by atoms with Gasteiger partial charge in [0.1, 0.15) is 17.1 Å². The van der Waals surface area contributed by atoms with Crippen molar-refractivity contribution >= 4 is 22.8 Å². The number of aromatic nitrogens is 3. The molecule has 1 saturated heterocycles. The molecule has 0 bridgehead atoms. The summed E-state index contributed by atoms with van der Waals surface area (Å²) >= 11 is 0. The van der Waals surface area contributed by atoms with Crippen molar-refractivity contribution in [3.63, 3.8) is 0 Å². The second-order valence-corrected chi connectivity index (χ2v) is 9.90. The van der Waals surface area contributed by atoms with Crippen LogP contribution in [0.2, 0.25) is 0 Å². The van der Waals surface area contributed by atoms with Gasteiger partial charge < -0.3 is 25.3 Å². The van der Waals surface area contributed by atoms with E-state index in [1.54, 1.807) is 24.4 Å². The Morgan fingerprint density at radius 1 is 1.15 bits per heavy atom. The average molecular weight is 553 g/mol. The molecule has 2 aromatic carbocycles. The third kappa shape index (κ3) is 7.09. The van der Waals surface area contributed by atoms with Crippen LogP contribution >= 0.6 is 0 Å². The number of ether oxygens (including phenoxy) is 1. The second kappa shape index (κ2) is 12.0. The number of pyridine rings is 1. The molecule has 40 heavy (non-hydrogen) atoms. The second-order valence-electron chi connectivity index (χ2n) is 9.90. The lowest BCUT2D eigenvalue weighted by Crippen LogP contribution is -2.27. The molecule has 1 fully saturated rings. The summed E-state index contributed by atoms with van der Waals surface area (Å²) in [6.07, 6.45) is -1.39. The number of benzene rings is 2. The van der Waals surface area contributed by atoms with Crippen LogP contribution in [0.5, 0.6) is 5.75 Å². The Morgan fingerprint density at radius 2 is 1.93 bits per heavy atom. The molecule has 0 spiro atoms. The van der Waals surface area contributed by atoms with Crippen molar-refractivity contribution in [3.05, 3.63) is 83.8 Å². The largest absolute Gasteiger partial charge is 0.573 e. The number of carbonyl (C=O) groups is 1. The summed E-state index contributed by atoms with van der Waals surface area (Å²) in [5.41, 5.74) is 4.15. The van der Waals surface area contributed by atoms with Crippen LogP contribution in [0.25, 0.3) is 11.2 Å². The minimum absolute atomic E-state index is 0.105. The van der Waals surface area contributed by atoms with Crippen LogP contribution in [0.1, 0.15) is 42.8 Å². The van der Waals surface area contributed by atoms with E-state index in [0.717, 1.165) is 36.3 Å². The van der Waals surface area contributed by atoms with Crippen molar-refractivity contribution in [1.29, 1.82) is 0 Å². The molecule has 4 aromatic rings. The molecule has 2 aromatic heterocycles. The first-order valence-corrected chi connectivity index (χ1v) is 13.2. The van der Waals surface area contributed by atoms with Gasteiger partial charge in [-0.25, -0.2) is 9.97 Å². The predicted octanol–water partition coefficient (Wildman–Crippen LogP) is 4.96. The first kappa shape index (κ1) is 27.4. The smallest absolute Gasteiger partial charge is 0.406 e. The fourth-order valence-electron chi connectivity index (χ4n) is 4.85. The maximum atomic E-state index is 12.8. The highest BCUT2D eigenvalue weighted by molar-refractivity contribution is 5.77. The van der Waals surface area contributed by atoms with Gasteiger partial charge in [-0.1, -0.05) is 24.3 Å². The van der Waals surface area contributed by atoms with Gasteiger partial charge in [-0.05, 0) is 67.4 Å². The highest BCUT2D eigenvalue weighted by atomic mass is 19.4. The molecule has 2 atom stereocenters. The van der Waals surface area contributed by atoms with Crippen molar-refractivity contribution in [2.45, 2.75) is 51.2 Å². The summed E-state index contributed by atoms with van der Waals surface area (Å²) in [4.78, 5) is 22.0. The van der Waals surface area contributed by atoms with E-state index in [-0.39, 0.29) is 24.1 Å². The number of halogens is 3. The zero-order valence-corrected chi connectivity index (χ0v) is 22.0. The van der Waals surface area contributed by atoms with Crippen LogP contribution < -0.4 is 20.7 Å². The van der Waals surface area contributed by atoms with Gasteiger partial charge in [-0.15, -0.1) is 13.2 Å². The average Bonchev–Trinajstić information content (AvgIpc) is 3.56. The zero-order valence-electron chi connectivity index (χ0n) is 22.0. The Kier molecular flexibility index (Phi) is 8.20. The van der Waals surface area contributed by atoms with Crippen LogP contribution in [0.3, 0.4) is 0 Å². The van der Waals surface area contributed by atoms with Crippen LogP contribution in [0, 0.1) is 0 Å². The van der Waals surface area contributed by atoms with E-state index >= 15 is 0 Å². The molecule has 1 unspecified atom stereocenters. The highest BCUT2D eigenvalue weighted by Crippen LogP contribution is 2.24. The maximum absolute atomic E-state index is 12.8. The van der Waals surface area contributed by atoms with E-state index in [9.17, 15) is 18.0 Å². The number of hydrogen-bond acceptors (Lipinski definition) is 6. The molecule has 1 aliphatic rings. The molecule has 1 aliphatic heterocycles. The van der Waals surface area contributed by atoms with Gasteiger partial charge in [0, 0.05) is 37.3 Å². The van der Waals surface area contributed by atoms with Gasteiger partial charge in [0.05, 0.1) is 12.6 Å². The lowest BCUT2D eigenvalue weighted by molar-refractivity contribution is -0.274. The fraction of sp³-hybridized carbons (Fsp3) is 0.345. The van der Waals surface area contributed by atoms with E-state index in [4.69, 9.17) is 0 Å². The Morgan fingerprint density at radius 3 is 2.62 bits per heavy atom. The summed E-state index contributed by atoms with van der Waals surface area (Å²) in [5.74, 6) is 0.281. The number of amides is 1. The van der Waals surface area contributed by atoms with Gasteiger partial charge in [-0.3, -0.25) is 4.79 Å². The molecule has 0 aliphatic carbocycles. The number of fused-ring (bicyclic) bond motifs is 1. The highest BCUT2D eigenvalue weighted by Gasteiger charge is 2.31. The van der Waals surface area contributed by atoms with Crippen molar-refractivity contribution in [2.24, 2.45) is 0 Å². The van der Waals surface area contributed by atoms with Gasteiger partial charge in [0.15, 0.2) is 5.65 Å². The number of aryl methyl sites for hydroxylation is 1. The lowest BCUT2D eigenvalue weighted by atomic mass is 10.1. The molecule has 1 amide bonds. The SMILES string of the molecule is CC(NC(=O)CCc1nc2cccnc2n1Cc1ccc(OC(F)(F)F)cc1)c1ccc(N[C@H]2CCNC2)cc1. The normalized spacial score (nSPS) is 16.1. The van der Waals surface area contributed by atoms with Crippen LogP contribution in [-0.4, -0.2) is 45.9 Å². The Labute approximate surface area is 230 Å². The summed E-state index contributed by atoms with van der Waals surface area (Å²) in [5, 5.41) is 9.92. The number of rotatable bonds is 10. The van der Waals surface area contributed by atoms with E-state index in [1.807, 2.05) is 41.8 Å². The Hall–Kier alpha value is -4.12. The number of nitrogens with zero attached hydrogens (tertiary/aromatic N) is 3. The Bertz CT molecular complexity index is 1430. The monoisotopic (exact) mass is 552 g/mol. The van der Waals surface area contributed by atoms with Gasteiger partial charge in [0.25, 0.3) is 0 Å². The van der Waals surface area contributed by atoms with Crippen molar-refractivity contribution < 1.29 is 22.7 Å². The first-order chi connectivity index (χ1) is 19.2. The molecule has 0 saturated carbocycles. The predicted molar refractivity (Wildman–Crippen MR) is 146 cm³/mol. The summed E-state index contributed by atoms with van der Waals surface area (Å²) in [7, 11) is 0. The minimum Gasteiger partial charge on any atom is -0.406 e. The number of hydrogen-bond donors (Lipinski definition) is 3. The van der Waals surface area contributed by atoms with Crippen LogP contribution in [0.15, 0.2) is 66.9 Å². The molecule has 3 N–H and O–H groups in total. The van der Waals surface area contributed by atoms with Crippen LogP contribution in [-0.2, 0) is 17.8 Å². The van der Waals surface area contributed by atoms with E-state index in [2.05, 4.69) is 30.7 Å². The molecule has 5 rings (SSSR count). The van der Waals surface area contributed by atoms with E-state index in [1.165, 1.54) is 12.1 Å². The molecule has 3 heterocycles. The number of imidazole rings is 1. The quantitative estimate of drug-likeness (QED) is 0.258.